The van der Waals surface area contributed by atoms with Crippen molar-refractivity contribution in [1.29, 1.82) is 0 Å². The number of rotatable bonds is 7. The van der Waals surface area contributed by atoms with Gasteiger partial charge in [0.05, 0.1) is 0 Å². The Morgan fingerprint density at radius 2 is 1.90 bits per heavy atom. The Morgan fingerprint density at radius 1 is 1.21 bits per heavy atom. The topological polar surface area (TPSA) is 117 Å². The standard InChI is InChI=1S/C19H18BrIN2O6/c1-28-16(8-9-17(25)23-27)18(14-10-12(21)4-7-15(14)24)29-19(26)22-13-5-2-11(20)3-6-13/h2-10,16,18,24,27H,1H3,(H,22,26)(H,23,25)/b9-8+/t16-,18-/m1/s1. The summed E-state index contributed by atoms with van der Waals surface area (Å²) in [5.41, 5.74) is 2.27. The average Bonchev–Trinajstić information content (AvgIpc) is 2.70. The number of hydrogen-bond donors (Lipinski definition) is 4. The van der Waals surface area contributed by atoms with Crippen LogP contribution in [0.4, 0.5) is 10.5 Å². The van der Waals surface area contributed by atoms with Gasteiger partial charge < -0.3 is 14.6 Å². The molecule has 2 aromatic carbocycles. The maximum atomic E-state index is 12.5. The highest BCUT2D eigenvalue weighted by atomic mass is 127. The Morgan fingerprint density at radius 3 is 2.52 bits per heavy atom. The highest BCUT2D eigenvalue weighted by Gasteiger charge is 2.28. The van der Waals surface area contributed by atoms with Crippen molar-refractivity contribution in [1.82, 2.24) is 5.48 Å². The van der Waals surface area contributed by atoms with E-state index in [2.05, 4.69) is 43.8 Å². The Bertz CT molecular complexity index is 891. The van der Waals surface area contributed by atoms with Crippen molar-refractivity contribution in [2.24, 2.45) is 0 Å². The fraction of sp³-hybridized carbons (Fsp3) is 0.158. The number of hydroxylamine groups is 1. The van der Waals surface area contributed by atoms with Gasteiger partial charge in [0, 0.05) is 32.5 Å². The molecule has 0 aliphatic heterocycles. The van der Waals surface area contributed by atoms with E-state index in [1.54, 1.807) is 36.4 Å². The molecule has 0 aromatic heterocycles. The highest BCUT2D eigenvalue weighted by molar-refractivity contribution is 14.1. The number of phenolic OH excluding ortho intramolecular Hbond substituents is 1. The van der Waals surface area contributed by atoms with Crippen LogP contribution < -0.4 is 10.8 Å². The second-order valence-corrected chi connectivity index (χ2v) is 7.86. The van der Waals surface area contributed by atoms with E-state index in [0.29, 0.717) is 11.3 Å². The molecule has 0 radical (unpaired) electrons. The van der Waals surface area contributed by atoms with E-state index >= 15 is 0 Å². The van der Waals surface area contributed by atoms with Gasteiger partial charge in [-0.3, -0.25) is 15.3 Å². The maximum absolute atomic E-state index is 12.5. The minimum atomic E-state index is -1.08. The van der Waals surface area contributed by atoms with E-state index in [1.807, 2.05) is 0 Å². The molecular formula is C19H18BrIN2O6. The lowest BCUT2D eigenvalue weighted by Gasteiger charge is -2.25. The summed E-state index contributed by atoms with van der Waals surface area (Å²) in [6.07, 6.45) is -0.442. The van der Waals surface area contributed by atoms with E-state index in [4.69, 9.17) is 14.7 Å². The van der Waals surface area contributed by atoms with Gasteiger partial charge in [-0.2, -0.15) is 0 Å². The van der Waals surface area contributed by atoms with Crippen LogP contribution in [0.5, 0.6) is 5.75 Å². The number of amides is 2. The van der Waals surface area contributed by atoms with Crippen LogP contribution in [0, 0.1) is 3.57 Å². The fourth-order valence-electron chi connectivity index (χ4n) is 2.38. The Hall–Kier alpha value is -2.15. The quantitative estimate of drug-likeness (QED) is 0.170. The molecule has 0 heterocycles. The normalized spacial score (nSPS) is 13.0. The molecule has 2 atom stereocenters. The van der Waals surface area contributed by atoms with Crippen molar-refractivity contribution in [2.75, 3.05) is 12.4 Å². The number of hydrogen-bond acceptors (Lipinski definition) is 6. The van der Waals surface area contributed by atoms with Crippen LogP contribution in [-0.2, 0) is 14.3 Å². The van der Waals surface area contributed by atoms with Crippen molar-refractivity contribution in [3.63, 3.8) is 0 Å². The summed E-state index contributed by atoms with van der Waals surface area (Å²) in [7, 11) is 1.36. The van der Waals surface area contributed by atoms with Crippen molar-refractivity contribution >= 4 is 56.2 Å². The van der Waals surface area contributed by atoms with E-state index < -0.39 is 24.2 Å². The number of benzene rings is 2. The zero-order valence-electron chi connectivity index (χ0n) is 15.1. The minimum absolute atomic E-state index is 0.103. The number of methoxy groups -OCH3 is 1. The molecule has 10 heteroatoms. The first-order valence-electron chi connectivity index (χ1n) is 8.20. The van der Waals surface area contributed by atoms with E-state index in [0.717, 1.165) is 14.1 Å². The number of phenols is 1. The molecule has 2 amide bonds. The molecule has 0 spiro atoms. The first kappa shape index (κ1) is 23.1. The van der Waals surface area contributed by atoms with Crippen LogP contribution in [0.2, 0.25) is 0 Å². The summed E-state index contributed by atoms with van der Waals surface area (Å²) in [5.74, 6) is -0.883. The van der Waals surface area contributed by atoms with Gasteiger partial charge >= 0.3 is 6.09 Å². The minimum Gasteiger partial charge on any atom is -0.508 e. The van der Waals surface area contributed by atoms with Crippen molar-refractivity contribution in [3.8, 4) is 5.75 Å². The third-order valence-corrected chi connectivity index (χ3v) is 4.94. The monoisotopic (exact) mass is 576 g/mol. The predicted octanol–water partition coefficient (Wildman–Crippen LogP) is 4.13. The second kappa shape index (κ2) is 11.1. The number of ether oxygens (including phenoxy) is 2. The van der Waals surface area contributed by atoms with Gasteiger partial charge in [-0.05, 0) is 71.1 Å². The molecule has 154 valence electrons. The molecule has 29 heavy (non-hydrogen) atoms. The summed E-state index contributed by atoms with van der Waals surface area (Å²) in [6, 6.07) is 11.7. The Balaban J connectivity index is 2.31. The van der Waals surface area contributed by atoms with Gasteiger partial charge in [-0.15, -0.1) is 0 Å². The second-order valence-electron chi connectivity index (χ2n) is 5.70. The zero-order chi connectivity index (χ0) is 21.4. The third-order valence-electron chi connectivity index (χ3n) is 3.74. The fourth-order valence-corrected chi connectivity index (χ4v) is 3.16. The van der Waals surface area contributed by atoms with Gasteiger partial charge in [-0.1, -0.05) is 15.9 Å². The molecule has 0 unspecified atom stereocenters. The highest BCUT2D eigenvalue weighted by Crippen LogP contribution is 2.33. The molecule has 0 saturated heterocycles. The summed E-state index contributed by atoms with van der Waals surface area (Å²) in [6.45, 7) is 0. The Labute approximate surface area is 189 Å². The van der Waals surface area contributed by atoms with Gasteiger partial charge in [0.2, 0.25) is 0 Å². The van der Waals surface area contributed by atoms with Crippen LogP contribution >= 0.6 is 38.5 Å². The molecule has 4 N–H and O–H groups in total. The van der Waals surface area contributed by atoms with Crippen molar-refractivity contribution in [2.45, 2.75) is 12.2 Å². The number of nitrogens with one attached hydrogen (secondary N) is 2. The molecule has 0 aliphatic rings. The van der Waals surface area contributed by atoms with Gasteiger partial charge in [0.15, 0.2) is 6.10 Å². The SMILES string of the molecule is CO[C@H](/C=C/C(=O)NO)[C@H](OC(=O)Nc1ccc(Br)cc1)c1cc(I)ccc1O. The molecule has 2 aromatic rings. The first-order valence-corrected chi connectivity index (χ1v) is 10.1. The third kappa shape index (κ3) is 6.99. The summed E-state index contributed by atoms with van der Waals surface area (Å²) >= 11 is 5.37. The van der Waals surface area contributed by atoms with E-state index in [1.165, 1.54) is 24.7 Å². The van der Waals surface area contributed by atoms with Gasteiger partial charge in [-0.25, -0.2) is 10.3 Å². The van der Waals surface area contributed by atoms with Crippen LogP contribution in [0.25, 0.3) is 0 Å². The number of carbonyl (C=O) groups excluding carboxylic acids is 2. The molecule has 2 rings (SSSR count). The van der Waals surface area contributed by atoms with Gasteiger partial charge in [0.25, 0.3) is 5.91 Å². The molecular weight excluding hydrogens is 559 g/mol. The summed E-state index contributed by atoms with van der Waals surface area (Å²) in [4.78, 5) is 23.8. The zero-order valence-corrected chi connectivity index (χ0v) is 18.9. The number of carbonyl (C=O) groups is 2. The predicted molar refractivity (Wildman–Crippen MR) is 118 cm³/mol. The smallest absolute Gasteiger partial charge is 0.412 e. The number of aromatic hydroxyl groups is 1. The molecule has 0 aliphatic carbocycles. The van der Waals surface area contributed by atoms with Crippen LogP contribution in [-0.4, -0.2) is 35.5 Å². The average molecular weight is 577 g/mol. The lowest BCUT2D eigenvalue weighted by Crippen LogP contribution is -2.27. The summed E-state index contributed by atoms with van der Waals surface area (Å²) < 4.78 is 12.5. The van der Waals surface area contributed by atoms with E-state index in [9.17, 15) is 14.7 Å². The van der Waals surface area contributed by atoms with Crippen LogP contribution in [0.1, 0.15) is 11.7 Å². The lowest BCUT2D eigenvalue weighted by molar-refractivity contribution is -0.124. The molecule has 8 nitrogen and oxygen atoms in total. The van der Waals surface area contributed by atoms with Crippen LogP contribution in [0.15, 0.2) is 59.1 Å². The number of halogens is 2. The lowest BCUT2D eigenvalue weighted by atomic mass is 10.0. The largest absolute Gasteiger partial charge is 0.508 e. The first-order chi connectivity index (χ1) is 13.8. The molecule has 0 fully saturated rings. The van der Waals surface area contributed by atoms with E-state index in [-0.39, 0.29) is 5.75 Å². The van der Waals surface area contributed by atoms with Crippen molar-refractivity contribution < 1.29 is 29.4 Å². The Kier molecular flexibility index (Phi) is 8.89. The number of anilines is 1. The molecule has 0 bridgehead atoms. The van der Waals surface area contributed by atoms with Crippen LogP contribution in [0.3, 0.4) is 0 Å². The maximum Gasteiger partial charge on any atom is 0.412 e. The molecule has 0 saturated carbocycles. The van der Waals surface area contributed by atoms with Gasteiger partial charge in [0.1, 0.15) is 11.9 Å². The van der Waals surface area contributed by atoms with Crippen molar-refractivity contribution in [3.05, 3.63) is 68.2 Å². The summed E-state index contributed by atoms with van der Waals surface area (Å²) in [5, 5.41) is 21.5.